The number of aryl methyl sites for hydroxylation is 1. The number of hydrogen-bond acceptors (Lipinski definition) is 2. The lowest BCUT2D eigenvalue weighted by Gasteiger charge is -2.11. The predicted octanol–water partition coefficient (Wildman–Crippen LogP) is 4.02. The highest BCUT2D eigenvalue weighted by atomic mass is 79.9. The van der Waals surface area contributed by atoms with Gasteiger partial charge in [0.05, 0.1) is 5.69 Å². The second kappa shape index (κ2) is 5.45. The van der Waals surface area contributed by atoms with E-state index in [1.807, 2.05) is 26.0 Å². The fraction of sp³-hybridized carbons (Fsp3) is 0.133. The van der Waals surface area contributed by atoms with Crippen LogP contribution in [0.2, 0.25) is 0 Å². The van der Waals surface area contributed by atoms with E-state index in [9.17, 15) is 9.90 Å². The number of benzene rings is 2. The maximum Gasteiger partial charge on any atom is 0.256 e. The Hall–Kier alpha value is -1.81. The highest BCUT2D eigenvalue weighted by molar-refractivity contribution is 9.10. The minimum atomic E-state index is -0.233. The van der Waals surface area contributed by atoms with Crippen molar-refractivity contribution in [2.45, 2.75) is 13.8 Å². The number of rotatable bonds is 2. The number of nitrogens with one attached hydrogen (secondary N) is 1. The summed E-state index contributed by atoms with van der Waals surface area (Å²) in [6, 6.07) is 10.5. The molecule has 98 valence electrons. The molecule has 0 unspecified atom stereocenters. The van der Waals surface area contributed by atoms with E-state index >= 15 is 0 Å². The number of carbonyl (C=O) groups is 1. The Bertz CT molecular complexity index is 638. The monoisotopic (exact) mass is 319 g/mol. The van der Waals surface area contributed by atoms with Gasteiger partial charge in [-0.2, -0.15) is 0 Å². The highest BCUT2D eigenvalue weighted by Gasteiger charge is 2.13. The summed E-state index contributed by atoms with van der Waals surface area (Å²) >= 11 is 3.44. The fourth-order valence-electron chi connectivity index (χ4n) is 1.82. The third-order valence-corrected chi connectivity index (χ3v) is 3.71. The molecule has 0 saturated carbocycles. The quantitative estimate of drug-likeness (QED) is 0.821. The van der Waals surface area contributed by atoms with Gasteiger partial charge in [0.25, 0.3) is 5.91 Å². The average molecular weight is 320 g/mol. The number of aromatic hydroxyl groups is 1. The molecular formula is C15H14BrNO2. The largest absolute Gasteiger partial charge is 0.506 e. The molecule has 0 aliphatic rings. The highest BCUT2D eigenvalue weighted by Crippen LogP contribution is 2.25. The number of phenolic OH excluding ortho intramolecular Hbond substituents is 1. The van der Waals surface area contributed by atoms with Crippen LogP contribution in [-0.4, -0.2) is 11.0 Å². The van der Waals surface area contributed by atoms with Crippen molar-refractivity contribution in [1.82, 2.24) is 0 Å². The smallest absolute Gasteiger partial charge is 0.256 e. The van der Waals surface area contributed by atoms with E-state index in [0.717, 1.165) is 15.6 Å². The minimum Gasteiger partial charge on any atom is -0.506 e. The molecule has 3 nitrogen and oxygen atoms in total. The Morgan fingerprint density at radius 3 is 2.58 bits per heavy atom. The van der Waals surface area contributed by atoms with Crippen molar-refractivity contribution in [1.29, 1.82) is 0 Å². The molecule has 0 heterocycles. The van der Waals surface area contributed by atoms with Crippen LogP contribution in [0.1, 0.15) is 21.5 Å². The van der Waals surface area contributed by atoms with Gasteiger partial charge in [0.2, 0.25) is 0 Å². The van der Waals surface area contributed by atoms with Crippen molar-refractivity contribution in [2.24, 2.45) is 0 Å². The van der Waals surface area contributed by atoms with Crippen LogP contribution in [0.5, 0.6) is 5.75 Å². The molecule has 19 heavy (non-hydrogen) atoms. The second-order valence-electron chi connectivity index (χ2n) is 4.39. The normalized spacial score (nSPS) is 10.3. The summed E-state index contributed by atoms with van der Waals surface area (Å²) < 4.78 is 0.898. The van der Waals surface area contributed by atoms with Crippen molar-refractivity contribution >= 4 is 27.5 Å². The van der Waals surface area contributed by atoms with E-state index in [1.54, 1.807) is 18.2 Å². The zero-order valence-corrected chi connectivity index (χ0v) is 12.3. The van der Waals surface area contributed by atoms with Gasteiger partial charge in [-0.05, 0) is 49.2 Å². The molecular weight excluding hydrogens is 306 g/mol. The van der Waals surface area contributed by atoms with Crippen LogP contribution >= 0.6 is 15.9 Å². The van der Waals surface area contributed by atoms with Gasteiger partial charge in [-0.25, -0.2) is 0 Å². The van der Waals surface area contributed by atoms with Crippen LogP contribution in [0.15, 0.2) is 40.9 Å². The van der Waals surface area contributed by atoms with Gasteiger partial charge in [-0.1, -0.05) is 28.1 Å². The first kappa shape index (κ1) is 13.6. The van der Waals surface area contributed by atoms with Crippen molar-refractivity contribution in [3.8, 4) is 5.75 Å². The minimum absolute atomic E-state index is 0.0558. The molecule has 2 aromatic carbocycles. The Morgan fingerprint density at radius 2 is 1.89 bits per heavy atom. The maximum absolute atomic E-state index is 12.2. The first-order valence-corrected chi connectivity index (χ1v) is 6.64. The lowest BCUT2D eigenvalue weighted by molar-refractivity contribution is 0.102. The number of phenols is 1. The summed E-state index contributed by atoms with van der Waals surface area (Å²) in [6.07, 6.45) is 0. The number of para-hydroxylation sites is 2. The van der Waals surface area contributed by atoms with Crippen LogP contribution in [0.4, 0.5) is 5.69 Å². The molecule has 0 spiro atoms. The van der Waals surface area contributed by atoms with Gasteiger partial charge >= 0.3 is 0 Å². The van der Waals surface area contributed by atoms with Gasteiger partial charge in [0.15, 0.2) is 0 Å². The van der Waals surface area contributed by atoms with Crippen molar-refractivity contribution in [2.75, 3.05) is 5.32 Å². The topological polar surface area (TPSA) is 49.3 Å². The van der Waals surface area contributed by atoms with E-state index in [4.69, 9.17) is 0 Å². The molecule has 0 aromatic heterocycles. The van der Waals surface area contributed by atoms with Gasteiger partial charge in [-0.3, -0.25) is 4.79 Å². The molecule has 0 radical (unpaired) electrons. The second-order valence-corrected chi connectivity index (χ2v) is 5.24. The number of halogens is 1. The molecule has 1 amide bonds. The molecule has 2 rings (SSSR count). The van der Waals surface area contributed by atoms with E-state index in [0.29, 0.717) is 11.3 Å². The number of hydrogen-bond donors (Lipinski definition) is 2. The third kappa shape index (κ3) is 2.96. The molecule has 0 aliphatic carbocycles. The fourth-order valence-corrected chi connectivity index (χ4v) is 2.39. The Balaban J connectivity index is 2.33. The molecule has 2 N–H and O–H groups in total. The van der Waals surface area contributed by atoms with E-state index in [2.05, 4.69) is 21.2 Å². The molecule has 4 heteroatoms. The first-order chi connectivity index (χ1) is 8.99. The lowest BCUT2D eigenvalue weighted by atomic mass is 10.0. The lowest BCUT2D eigenvalue weighted by Crippen LogP contribution is -2.14. The van der Waals surface area contributed by atoms with Crippen LogP contribution in [-0.2, 0) is 0 Å². The zero-order valence-electron chi connectivity index (χ0n) is 10.7. The Morgan fingerprint density at radius 1 is 1.21 bits per heavy atom. The number of carbonyl (C=O) groups excluding carboxylic acids is 1. The SMILES string of the molecule is Cc1cc(Br)c(C)c(C(=O)Nc2ccccc2O)c1. The van der Waals surface area contributed by atoms with Crippen LogP contribution < -0.4 is 5.32 Å². The summed E-state index contributed by atoms with van der Waals surface area (Å²) in [5.74, 6) is -0.177. The molecule has 0 aliphatic heterocycles. The summed E-state index contributed by atoms with van der Waals surface area (Å²) in [7, 11) is 0. The van der Waals surface area contributed by atoms with Crippen LogP contribution in [0.25, 0.3) is 0 Å². The molecule has 0 fully saturated rings. The van der Waals surface area contributed by atoms with Crippen molar-refractivity contribution < 1.29 is 9.90 Å². The third-order valence-electron chi connectivity index (χ3n) is 2.89. The summed E-state index contributed by atoms with van der Waals surface area (Å²) in [6.45, 7) is 3.81. The molecule has 0 bridgehead atoms. The zero-order chi connectivity index (χ0) is 14.0. The predicted molar refractivity (Wildman–Crippen MR) is 79.7 cm³/mol. The van der Waals surface area contributed by atoms with E-state index in [-0.39, 0.29) is 11.7 Å². The standard InChI is InChI=1S/C15H14BrNO2/c1-9-7-11(10(2)12(16)8-9)15(19)17-13-5-3-4-6-14(13)18/h3-8,18H,1-2H3,(H,17,19). The van der Waals surface area contributed by atoms with Gasteiger partial charge in [0.1, 0.15) is 5.75 Å². The van der Waals surface area contributed by atoms with Gasteiger partial charge in [0, 0.05) is 10.0 Å². The summed E-state index contributed by atoms with van der Waals surface area (Å²) in [5.41, 5.74) is 2.87. The van der Waals surface area contributed by atoms with Crippen molar-refractivity contribution in [3.05, 3.63) is 57.6 Å². The number of anilines is 1. The van der Waals surface area contributed by atoms with Gasteiger partial charge in [-0.15, -0.1) is 0 Å². The average Bonchev–Trinajstić information content (AvgIpc) is 2.36. The maximum atomic E-state index is 12.2. The van der Waals surface area contributed by atoms with Crippen LogP contribution in [0.3, 0.4) is 0 Å². The Kier molecular flexibility index (Phi) is 3.90. The molecule has 2 aromatic rings. The molecule has 0 saturated heterocycles. The molecule has 0 atom stereocenters. The van der Waals surface area contributed by atoms with Crippen LogP contribution in [0, 0.1) is 13.8 Å². The summed E-state index contributed by atoms with van der Waals surface area (Å²) in [4.78, 5) is 12.2. The Labute approximate surface area is 120 Å². The number of amides is 1. The van der Waals surface area contributed by atoms with Crippen molar-refractivity contribution in [3.63, 3.8) is 0 Å². The van der Waals surface area contributed by atoms with Gasteiger partial charge < -0.3 is 10.4 Å². The first-order valence-electron chi connectivity index (χ1n) is 5.85. The summed E-state index contributed by atoms with van der Waals surface area (Å²) in [5, 5.41) is 12.4. The van der Waals surface area contributed by atoms with E-state index < -0.39 is 0 Å². The van der Waals surface area contributed by atoms with E-state index in [1.165, 1.54) is 6.07 Å².